The predicted octanol–water partition coefficient (Wildman–Crippen LogP) is 7.85. The Bertz CT molecular complexity index is 1900. The molecule has 0 aliphatic carbocycles. The van der Waals surface area contributed by atoms with Gasteiger partial charge in [-0.1, -0.05) is 41.9 Å². The Hall–Kier alpha value is -4.79. The van der Waals surface area contributed by atoms with Gasteiger partial charge in [0.05, 0.1) is 23.4 Å². The molecular weight excluding hydrogens is 584 g/mol. The molecule has 43 heavy (non-hydrogen) atoms. The van der Waals surface area contributed by atoms with Crippen LogP contribution in [0.4, 0.5) is 5.69 Å². The molecule has 0 unspecified atom stereocenters. The molecule has 0 fully saturated rings. The summed E-state index contributed by atoms with van der Waals surface area (Å²) in [5.74, 6) is 0.0557. The second-order valence-corrected chi connectivity index (χ2v) is 11.5. The summed E-state index contributed by atoms with van der Waals surface area (Å²) in [4.78, 5) is 26.9. The van der Waals surface area contributed by atoms with E-state index in [2.05, 4.69) is 10.6 Å². The quantitative estimate of drug-likeness (QED) is 0.147. The highest BCUT2D eigenvalue weighted by atomic mass is 35.5. The van der Waals surface area contributed by atoms with Gasteiger partial charge in [0.1, 0.15) is 17.1 Å². The number of thiophene rings is 1. The molecule has 2 amide bonds. The van der Waals surface area contributed by atoms with Crippen molar-refractivity contribution in [2.24, 2.45) is 0 Å². The summed E-state index contributed by atoms with van der Waals surface area (Å²) in [5.41, 5.74) is 3.53. The molecule has 9 heteroatoms. The van der Waals surface area contributed by atoms with Gasteiger partial charge in [-0.3, -0.25) is 9.59 Å². The van der Waals surface area contributed by atoms with Gasteiger partial charge >= 0.3 is 0 Å². The van der Waals surface area contributed by atoms with Crippen molar-refractivity contribution in [3.05, 3.63) is 124 Å². The van der Waals surface area contributed by atoms with Gasteiger partial charge in [-0.15, -0.1) is 11.3 Å². The Morgan fingerprint density at radius 3 is 2.58 bits per heavy atom. The number of rotatable bonds is 10. The zero-order valence-corrected chi connectivity index (χ0v) is 24.5. The fourth-order valence-electron chi connectivity index (χ4n) is 4.83. The first-order valence-corrected chi connectivity index (χ1v) is 14.9. The SMILES string of the molecule is O=C(NCCc1cc(Cl)cc2occc12)c1ccc(NC(=O)c2cc3ccccc3s2)c(OCCc2ccc(O)cc2)c1. The monoisotopic (exact) mass is 610 g/mol. The topological polar surface area (TPSA) is 101 Å². The minimum atomic E-state index is -0.267. The second kappa shape index (κ2) is 12.6. The lowest BCUT2D eigenvalue weighted by atomic mass is 10.1. The molecule has 7 nitrogen and oxygen atoms in total. The van der Waals surface area contributed by atoms with Crippen molar-refractivity contribution in [3.8, 4) is 11.5 Å². The highest BCUT2D eigenvalue weighted by Crippen LogP contribution is 2.30. The van der Waals surface area contributed by atoms with E-state index in [1.165, 1.54) is 11.3 Å². The second-order valence-electron chi connectivity index (χ2n) is 9.98. The number of furan rings is 1. The van der Waals surface area contributed by atoms with E-state index in [-0.39, 0.29) is 17.6 Å². The molecule has 4 aromatic carbocycles. The summed E-state index contributed by atoms with van der Waals surface area (Å²) >= 11 is 7.64. The predicted molar refractivity (Wildman–Crippen MR) is 171 cm³/mol. The van der Waals surface area contributed by atoms with Crippen LogP contribution in [-0.4, -0.2) is 30.1 Å². The average Bonchev–Trinajstić information content (AvgIpc) is 3.66. The van der Waals surface area contributed by atoms with Crippen LogP contribution in [0.15, 0.2) is 102 Å². The van der Waals surface area contributed by atoms with Crippen molar-refractivity contribution in [2.45, 2.75) is 12.8 Å². The van der Waals surface area contributed by atoms with E-state index in [9.17, 15) is 14.7 Å². The fourth-order valence-corrected chi connectivity index (χ4v) is 6.02. The van der Waals surface area contributed by atoms with E-state index in [1.807, 2.05) is 54.6 Å². The van der Waals surface area contributed by atoms with Gasteiger partial charge in [0.15, 0.2) is 0 Å². The number of phenols is 1. The summed E-state index contributed by atoms with van der Waals surface area (Å²) in [6.45, 7) is 0.692. The Morgan fingerprint density at radius 2 is 1.74 bits per heavy atom. The third-order valence-corrected chi connectivity index (χ3v) is 8.36. The van der Waals surface area contributed by atoms with Gasteiger partial charge < -0.3 is 24.9 Å². The molecule has 6 aromatic rings. The Morgan fingerprint density at radius 1 is 0.907 bits per heavy atom. The van der Waals surface area contributed by atoms with Crippen molar-refractivity contribution in [1.29, 1.82) is 0 Å². The number of aromatic hydroxyl groups is 1. The lowest BCUT2D eigenvalue weighted by Crippen LogP contribution is -2.26. The first kappa shape index (κ1) is 28.3. The van der Waals surface area contributed by atoms with Crippen molar-refractivity contribution >= 4 is 61.5 Å². The molecule has 2 aromatic heterocycles. The van der Waals surface area contributed by atoms with Gasteiger partial charge in [0.25, 0.3) is 11.8 Å². The van der Waals surface area contributed by atoms with Crippen LogP contribution in [0.3, 0.4) is 0 Å². The molecule has 0 spiro atoms. The molecule has 0 aliphatic rings. The van der Waals surface area contributed by atoms with Crippen molar-refractivity contribution in [1.82, 2.24) is 5.32 Å². The van der Waals surface area contributed by atoms with E-state index < -0.39 is 0 Å². The van der Waals surface area contributed by atoms with Gasteiger partial charge in [0.2, 0.25) is 0 Å². The number of anilines is 1. The number of carbonyl (C=O) groups is 2. The molecule has 0 bridgehead atoms. The number of ether oxygens (including phenoxy) is 1. The van der Waals surface area contributed by atoms with Crippen LogP contribution in [0.5, 0.6) is 11.5 Å². The number of phenolic OH excluding ortho intramolecular Hbond substituents is 1. The van der Waals surface area contributed by atoms with E-state index >= 15 is 0 Å². The average molecular weight is 611 g/mol. The van der Waals surface area contributed by atoms with E-state index in [0.717, 1.165) is 26.6 Å². The zero-order chi connectivity index (χ0) is 29.8. The largest absolute Gasteiger partial charge is 0.508 e. The van der Waals surface area contributed by atoms with Crippen LogP contribution in [0, 0.1) is 0 Å². The van der Waals surface area contributed by atoms with Crippen LogP contribution >= 0.6 is 22.9 Å². The van der Waals surface area contributed by atoms with E-state index in [4.69, 9.17) is 20.8 Å². The summed E-state index contributed by atoms with van der Waals surface area (Å²) in [6.07, 6.45) is 2.76. The smallest absolute Gasteiger partial charge is 0.265 e. The number of hydrogen-bond acceptors (Lipinski definition) is 6. The van der Waals surface area contributed by atoms with E-state index in [0.29, 0.717) is 58.5 Å². The van der Waals surface area contributed by atoms with E-state index in [1.54, 1.807) is 42.7 Å². The molecule has 6 rings (SSSR count). The highest BCUT2D eigenvalue weighted by Gasteiger charge is 2.16. The molecule has 2 heterocycles. The summed E-state index contributed by atoms with van der Waals surface area (Å²) < 4.78 is 12.6. The lowest BCUT2D eigenvalue weighted by Gasteiger charge is -2.14. The Kier molecular flexibility index (Phi) is 8.31. The minimum Gasteiger partial charge on any atom is -0.508 e. The van der Waals surface area contributed by atoms with Crippen LogP contribution < -0.4 is 15.4 Å². The van der Waals surface area contributed by atoms with Gasteiger partial charge in [-0.25, -0.2) is 0 Å². The normalized spacial score (nSPS) is 11.1. The number of hydrogen-bond donors (Lipinski definition) is 3. The standard InChI is InChI=1S/C34H27ClN2O5S/c35-25-17-22(27-13-16-41-29(27)20-25)11-14-36-33(39)24-7-10-28(30(18-24)42-15-12-21-5-8-26(38)9-6-21)37-34(40)32-19-23-3-1-2-4-31(23)43-32/h1-10,13,16-20,38H,11-12,14-15H2,(H,36,39)(H,37,40). The molecule has 3 N–H and O–H groups in total. The number of fused-ring (bicyclic) bond motifs is 2. The molecule has 0 atom stereocenters. The summed E-state index contributed by atoms with van der Waals surface area (Å²) in [5, 5.41) is 18.0. The van der Waals surface area contributed by atoms with Crippen LogP contribution in [0.1, 0.15) is 31.2 Å². The van der Waals surface area contributed by atoms with Crippen LogP contribution in [0.2, 0.25) is 5.02 Å². The number of amides is 2. The molecule has 0 radical (unpaired) electrons. The Balaban J connectivity index is 1.17. The van der Waals surface area contributed by atoms with Crippen molar-refractivity contribution in [3.63, 3.8) is 0 Å². The third-order valence-electron chi connectivity index (χ3n) is 7.03. The van der Waals surface area contributed by atoms with Gasteiger partial charge in [-0.2, -0.15) is 0 Å². The maximum absolute atomic E-state index is 13.2. The van der Waals surface area contributed by atoms with Crippen LogP contribution in [-0.2, 0) is 12.8 Å². The summed E-state index contributed by atoms with van der Waals surface area (Å²) in [6, 6.07) is 27.1. The van der Waals surface area contributed by atoms with Crippen molar-refractivity contribution in [2.75, 3.05) is 18.5 Å². The maximum atomic E-state index is 13.2. The molecule has 0 aliphatic heterocycles. The molecule has 0 saturated carbocycles. The maximum Gasteiger partial charge on any atom is 0.265 e. The molecular formula is C34H27ClN2O5S. The number of benzene rings is 4. The first-order chi connectivity index (χ1) is 20.9. The molecule has 0 saturated heterocycles. The zero-order valence-electron chi connectivity index (χ0n) is 22.9. The third kappa shape index (κ3) is 6.66. The van der Waals surface area contributed by atoms with Crippen molar-refractivity contribution < 1.29 is 23.8 Å². The van der Waals surface area contributed by atoms with Crippen LogP contribution in [0.25, 0.3) is 21.1 Å². The van der Waals surface area contributed by atoms with Gasteiger partial charge in [0, 0.05) is 39.7 Å². The highest BCUT2D eigenvalue weighted by molar-refractivity contribution is 7.20. The minimum absolute atomic E-state index is 0.194. The first-order valence-electron chi connectivity index (χ1n) is 13.7. The number of carbonyl (C=O) groups excluding carboxylic acids is 2. The van der Waals surface area contributed by atoms with Gasteiger partial charge in [-0.05, 0) is 77.5 Å². The Labute approximate surface area is 256 Å². The number of halogens is 1. The fraction of sp³-hybridized carbons (Fsp3) is 0.118. The number of nitrogens with one attached hydrogen (secondary N) is 2. The summed E-state index contributed by atoms with van der Waals surface area (Å²) in [7, 11) is 0. The lowest BCUT2D eigenvalue weighted by molar-refractivity contribution is 0.0953. The molecule has 216 valence electrons.